The fourth-order valence-corrected chi connectivity index (χ4v) is 2.75. The molecule has 66 valence electrons. The van der Waals surface area contributed by atoms with Crippen molar-refractivity contribution in [3.8, 4) is 0 Å². The number of rotatable bonds is 1. The molecular formula is C11H17N. The lowest BCUT2D eigenvalue weighted by molar-refractivity contribution is 0.387. The first-order valence-corrected chi connectivity index (χ1v) is 5.37. The molecule has 0 radical (unpaired) electrons. The highest BCUT2D eigenvalue weighted by molar-refractivity contribution is 5.13. The van der Waals surface area contributed by atoms with Crippen LogP contribution in [0.1, 0.15) is 32.1 Å². The Hall–Kier alpha value is -0.460. The number of allylic oxidation sites excluding steroid dienone is 2. The molecule has 1 saturated carbocycles. The molecule has 0 spiro atoms. The van der Waals surface area contributed by atoms with E-state index in [1.807, 2.05) is 0 Å². The van der Waals surface area contributed by atoms with E-state index in [1.165, 1.54) is 45.2 Å². The molecule has 2 unspecified atom stereocenters. The van der Waals surface area contributed by atoms with Crippen molar-refractivity contribution < 1.29 is 0 Å². The van der Waals surface area contributed by atoms with Gasteiger partial charge in [0, 0.05) is 18.8 Å². The van der Waals surface area contributed by atoms with Gasteiger partial charge in [-0.3, -0.25) is 0 Å². The minimum Gasteiger partial charge on any atom is -0.375 e. The molecule has 0 amide bonds. The van der Waals surface area contributed by atoms with E-state index in [0.717, 1.165) is 11.8 Å². The van der Waals surface area contributed by atoms with Crippen molar-refractivity contribution in [1.29, 1.82) is 0 Å². The van der Waals surface area contributed by atoms with Gasteiger partial charge in [-0.1, -0.05) is 6.08 Å². The molecule has 2 fully saturated rings. The summed E-state index contributed by atoms with van der Waals surface area (Å²) in [7, 11) is 0. The maximum absolute atomic E-state index is 2.62. The second-order valence-corrected chi connectivity index (χ2v) is 4.59. The van der Waals surface area contributed by atoms with E-state index in [4.69, 9.17) is 0 Å². The predicted molar refractivity (Wildman–Crippen MR) is 49.7 cm³/mol. The topological polar surface area (TPSA) is 3.24 Å². The van der Waals surface area contributed by atoms with Crippen molar-refractivity contribution in [1.82, 2.24) is 4.90 Å². The van der Waals surface area contributed by atoms with Crippen molar-refractivity contribution in [2.75, 3.05) is 13.1 Å². The number of hydrogen-bond acceptors (Lipinski definition) is 1. The van der Waals surface area contributed by atoms with Gasteiger partial charge in [-0.15, -0.1) is 0 Å². The van der Waals surface area contributed by atoms with Crippen molar-refractivity contribution in [3.05, 3.63) is 11.8 Å². The zero-order valence-corrected chi connectivity index (χ0v) is 7.63. The molecule has 0 aromatic carbocycles. The highest BCUT2D eigenvalue weighted by Gasteiger charge is 2.40. The molecular weight excluding hydrogens is 146 g/mol. The van der Waals surface area contributed by atoms with Crippen LogP contribution in [0.25, 0.3) is 0 Å². The van der Waals surface area contributed by atoms with Crippen LogP contribution in [-0.2, 0) is 0 Å². The fourth-order valence-electron chi connectivity index (χ4n) is 2.75. The van der Waals surface area contributed by atoms with Crippen LogP contribution < -0.4 is 0 Å². The van der Waals surface area contributed by atoms with Gasteiger partial charge in [0.1, 0.15) is 0 Å². The van der Waals surface area contributed by atoms with Crippen LogP contribution in [0.5, 0.6) is 0 Å². The molecule has 3 rings (SSSR count). The first-order valence-electron chi connectivity index (χ1n) is 5.37. The number of nitrogens with zero attached hydrogens (tertiary/aromatic N) is 1. The van der Waals surface area contributed by atoms with Crippen molar-refractivity contribution >= 4 is 0 Å². The number of hydrogen-bond donors (Lipinski definition) is 0. The predicted octanol–water partition coefficient (Wildman–Crippen LogP) is 2.40. The fraction of sp³-hybridized carbons (Fsp3) is 0.818. The van der Waals surface area contributed by atoms with Gasteiger partial charge in [-0.2, -0.15) is 0 Å². The lowest BCUT2D eigenvalue weighted by atomic mass is 10.0. The summed E-state index contributed by atoms with van der Waals surface area (Å²) in [5, 5.41) is 0. The van der Waals surface area contributed by atoms with Gasteiger partial charge < -0.3 is 4.90 Å². The van der Waals surface area contributed by atoms with Crippen molar-refractivity contribution in [3.63, 3.8) is 0 Å². The van der Waals surface area contributed by atoms with Gasteiger partial charge in [0.05, 0.1) is 0 Å². The third-order valence-electron chi connectivity index (χ3n) is 3.71. The third kappa shape index (κ3) is 1.07. The van der Waals surface area contributed by atoms with E-state index in [0.29, 0.717) is 0 Å². The first-order chi connectivity index (χ1) is 5.93. The SMILES string of the molecule is C1=C(N2CCCC2)CC2CC2C1. The van der Waals surface area contributed by atoms with Crippen molar-refractivity contribution in [2.24, 2.45) is 11.8 Å². The number of fused-ring (bicyclic) bond motifs is 1. The second-order valence-electron chi connectivity index (χ2n) is 4.59. The Morgan fingerprint density at radius 1 is 1.17 bits per heavy atom. The molecule has 3 aliphatic rings. The molecule has 12 heavy (non-hydrogen) atoms. The molecule has 0 N–H and O–H groups in total. The van der Waals surface area contributed by atoms with Gasteiger partial charge in [-0.05, 0) is 43.9 Å². The van der Waals surface area contributed by atoms with Gasteiger partial charge in [0.15, 0.2) is 0 Å². The molecule has 2 aliphatic carbocycles. The summed E-state index contributed by atoms with van der Waals surface area (Å²) in [5.41, 5.74) is 1.69. The monoisotopic (exact) mass is 163 g/mol. The average molecular weight is 163 g/mol. The van der Waals surface area contributed by atoms with E-state index in [-0.39, 0.29) is 0 Å². The highest BCUT2D eigenvalue weighted by atomic mass is 15.1. The molecule has 1 nitrogen and oxygen atoms in total. The summed E-state index contributed by atoms with van der Waals surface area (Å²) < 4.78 is 0. The zero-order chi connectivity index (χ0) is 7.97. The quantitative estimate of drug-likeness (QED) is 0.573. The molecule has 1 heterocycles. The Morgan fingerprint density at radius 2 is 2.00 bits per heavy atom. The van der Waals surface area contributed by atoms with Crippen LogP contribution >= 0.6 is 0 Å². The third-order valence-corrected chi connectivity index (χ3v) is 3.71. The summed E-state index contributed by atoms with van der Waals surface area (Å²) >= 11 is 0. The Bertz CT molecular complexity index is 213. The summed E-state index contributed by atoms with van der Waals surface area (Å²) in [6.07, 6.45) is 9.67. The average Bonchev–Trinajstić information content (AvgIpc) is 2.66. The van der Waals surface area contributed by atoms with Crippen LogP contribution in [0, 0.1) is 11.8 Å². The van der Waals surface area contributed by atoms with Crippen LogP contribution in [0.15, 0.2) is 11.8 Å². The lowest BCUT2D eigenvalue weighted by Gasteiger charge is -2.24. The second kappa shape index (κ2) is 2.51. The Balaban J connectivity index is 1.70. The van der Waals surface area contributed by atoms with Gasteiger partial charge in [0.2, 0.25) is 0 Å². The minimum absolute atomic E-state index is 1.09. The van der Waals surface area contributed by atoms with Crippen LogP contribution in [0.3, 0.4) is 0 Å². The van der Waals surface area contributed by atoms with E-state index in [2.05, 4.69) is 11.0 Å². The molecule has 1 heteroatoms. The van der Waals surface area contributed by atoms with Crippen LogP contribution in [0.4, 0.5) is 0 Å². The van der Waals surface area contributed by atoms with E-state index in [9.17, 15) is 0 Å². The minimum atomic E-state index is 1.09. The standard InChI is InChI=1S/C11H17N/c1-2-6-12(5-1)11-4-3-9-7-10(9)8-11/h4,9-10H,1-3,5-8H2. The Kier molecular flexibility index (Phi) is 1.46. The van der Waals surface area contributed by atoms with Crippen LogP contribution in [-0.4, -0.2) is 18.0 Å². The summed E-state index contributed by atoms with van der Waals surface area (Å²) in [4.78, 5) is 2.62. The van der Waals surface area contributed by atoms with Crippen LogP contribution in [0.2, 0.25) is 0 Å². The first kappa shape index (κ1) is 6.99. The molecule has 1 aliphatic heterocycles. The summed E-state index contributed by atoms with van der Waals surface area (Å²) in [6, 6.07) is 0. The number of likely N-dealkylation sites (tertiary alicyclic amines) is 1. The zero-order valence-electron chi connectivity index (χ0n) is 7.63. The normalized spacial score (nSPS) is 39.3. The van der Waals surface area contributed by atoms with Crippen molar-refractivity contribution in [2.45, 2.75) is 32.1 Å². The van der Waals surface area contributed by atoms with Gasteiger partial charge in [-0.25, -0.2) is 0 Å². The van der Waals surface area contributed by atoms with E-state index in [1.54, 1.807) is 5.70 Å². The van der Waals surface area contributed by atoms with Gasteiger partial charge >= 0.3 is 0 Å². The summed E-state index contributed by atoms with van der Waals surface area (Å²) in [5.74, 6) is 2.18. The smallest absolute Gasteiger partial charge is 0.0175 e. The molecule has 2 atom stereocenters. The van der Waals surface area contributed by atoms with E-state index >= 15 is 0 Å². The maximum atomic E-state index is 2.62. The molecule has 0 aromatic rings. The highest BCUT2D eigenvalue weighted by Crippen LogP contribution is 2.49. The lowest BCUT2D eigenvalue weighted by Crippen LogP contribution is -2.20. The van der Waals surface area contributed by atoms with E-state index < -0.39 is 0 Å². The van der Waals surface area contributed by atoms with Gasteiger partial charge in [0.25, 0.3) is 0 Å². The maximum Gasteiger partial charge on any atom is 0.0175 e. The largest absolute Gasteiger partial charge is 0.375 e. The Morgan fingerprint density at radius 3 is 2.75 bits per heavy atom. The molecule has 0 aromatic heterocycles. The molecule has 1 saturated heterocycles. The summed E-state index contributed by atoms with van der Waals surface area (Å²) in [6.45, 7) is 2.67. The molecule has 0 bridgehead atoms. The Labute approximate surface area is 74.4 Å².